The maximum Gasteiger partial charge on any atom is 0.451 e. The fourth-order valence-corrected chi connectivity index (χ4v) is 1.96. The van der Waals surface area contributed by atoms with Crippen LogP contribution in [0.2, 0.25) is 0 Å². The molecule has 0 aliphatic heterocycles. The van der Waals surface area contributed by atoms with Crippen molar-refractivity contribution in [2.24, 2.45) is 0 Å². The van der Waals surface area contributed by atoms with Crippen LogP contribution in [0.1, 0.15) is 25.6 Å². The van der Waals surface area contributed by atoms with Crippen molar-refractivity contribution in [1.29, 1.82) is 0 Å². The second-order valence-corrected chi connectivity index (χ2v) is 4.61. The normalized spacial score (nSPS) is 15.2. The quantitative estimate of drug-likeness (QED) is 0.838. The standard InChI is InChI=1S/C12H17F3N4O/c1-2-16-9-7-10(18-11(17-9)12(13,14)15)19(5-6-20)8-3-4-8/h7-8,20H,2-6H2,1H3,(H,16,17,18). The molecular weight excluding hydrogens is 273 g/mol. The van der Waals surface area contributed by atoms with Crippen molar-refractivity contribution in [2.75, 3.05) is 29.9 Å². The van der Waals surface area contributed by atoms with Crippen molar-refractivity contribution in [3.63, 3.8) is 0 Å². The third kappa shape index (κ3) is 3.50. The molecule has 0 unspecified atom stereocenters. The first-order valence-electron chi connectivity index (χ1n) is 6.53. The summed E-state index contributed by atoms with van der Waals surface area (Å²) in [5.41, 5.74) is 0. The van der Waals surface area contributed by atoms with Gasteiger partial charge in [-0.15, -0.1) is 0 Å². The zero-order valence-corrected chi connectivity index (χ0v) is 11.1. The van der Waals surface area contributed by atoms with E-state index >= 15 is 0 Å². The summed E-state index contributed by atoms with van der Waals surface area (Å²) in [5.74, 6) is -0.803. The molecule has 1 heterocycles. The Hall–Kier alpha value is -1.57. The summed E-state index contributed by atoms with van der Waals surface area (Å²) in [5, 5.41) is 11.8. The number of halogens is 3. The zero-order valence-electron chi connectivity index (χ0n) is 11.1. The van der Waals surface area contributed by atoms with E-state index in [-0.39, 0.29) is 30.8 Å². The van der Waals surface area contributed by atoms with Crippen LogP contribution < -0.4 is 10.2 Å². The summed E-state index contributed by atoms with van der Waals surface area (Å²) in [6, 6.07) is 1.65. The topological polar surface area (TPSA) is 61.3 Å². The lowest BCUT2D eigenvalue weighted by Crippen LogP contribution is -2.30. The van der Waals surface area contributed by atoms with Crippen LogP contribution in [-0.4, -0.2) is 40.8 Å². The van der Waals surface area contributed by atoms with Gasteiger partial charge in [0.25, 0.3) is 0 Å². The van der Waals surface area contributed by atoms with Crippen LogP contribution in [0.5, 0.6) is 0 Å². The number of aliphatic hydroxyl groups excluding tert-OH is 1. The van der Waals surface area contributed by atoms with Crippen molar-refractivity contribution < 1.29 is 18.3 Å². The summed E-state index contributed by atoms with van der Waals surface area (Å²) in [6.45, 7) is 2.39. The zero-order chi connectivity index (χ0) is 14.8. The number of anilines is 2. The van der Waals surface area contributed by atoms with Gasteiger partial charge < -0.3 is 15.3 Å². The molecule has 0 aromatic carbocycles. The maximum absolute atomic E-state index is 12.8. The molecule has 0 saturated heterocycles. The predicted molar refractivity (Wildman–Crippen MR) is 68.7 cm³/mol. The highest BCUT2D eigenvalue weighted by Gasteiger charge is 2.37. The Morgan fingerprint density at radius 3 is 2.60 bits per heavy atom. The monoisotopic (exact) mass is 290 g/mol. The summed E-state index contributed by atoms with van der Waals surface area (Å²) in [7, 11) is 0. The van der Waals surface area contributed by atoms with Gasteiger partial charge in [-0.2, -0.15) is 13.2 Å². The molecule has 0 amide bonds. The average molecular weight is 290 g/mol. The molecular formula is C12H17F3N4O. The maximum atomic E-state index is 12.8. The third-order valence-corrected chi connectivity index (χ3v) is 2.95. The lowest BCUT2D eigenvalue weighted by atomic mass is 10.4. The number of aromatic nitrogens is 2. The molecule has 1 aliphatic carbocycles. The highest BCUT2D eigenvalue weighted by atomic mass is 19.4. The number of nitrogens with one attached hydrogen (secondary N) is 1. The van der Waals surface area contributed by atoms with E-state index in [9.17, 15) is 13.2 Å². The van der Waals surface area contributed by atoms with E-state index in [1.54, 1.807) is 11.8 Å². The molecule has 1 saturated carbocycles. The Kier molecular flexibility index (Phi) is 4.32. The molecule has 0 atom stereocenters. The van der Waals surface area contributed by atoms with Gasteiger partial charge in [-0.1, -0.05) is 0 Å². The van der Waals surface area contributed by atoms with Gasteiger partial charge in [0.2, 0.25) is 5.82 Å². The summed E-state index contributed by atoms with van der Waals surface area (Å²) < 4.78 is 38.5. The summed E-state index contributed by atoms with van der Waals surface area (Å²) in [4.78, 5) is 8.79. The number of nitrogens with zero attached hydrogens (tertiary/aromatic N) is 3. The lowest BCUT2D eigenvalue weighted by molar-refractivity contribution is -0.144. The van der Waals surface area contributed by atoms with Crippen molar-refractivity contribution in [3.05, 3.63) is 11.9 Å². The molecule has 1 aromatic rings. The Labute approximate surface area is 114 Å². The molecule has 5 nitrogen and oxygen atoms in total. The van der Waals surface area contributed by atoms with Crippen molar-refractivity contribution in [2.45, 2.75) is 32.0 Å². The first kappa shape index (κ1) is 14.8. The fraction of sp³-hybridized carbons (Fsp3) is 0.667. The minimum absolute atomic E-state index is 0.127. The molecule has 0 radical (unpaired) electrons. The molecule has 1 aliphatic rings. The van der Waals surface area contributed by atoms with Crippen molar-refractivity contribution >= 4 is 11.6 Å². The van der Waals surface area contributed by atoms with E-state index in [0.717, 1.165) is 12.8 Å². The third-order valence-electron chi connectivity index (χ3n) is 2.95. The van der Waals surface area contributed by atoms with E-state index in [2.05, 4.69) is 15.3 Å². The summed E-state index contributed by atoms with van der Waals surface area (Å²) >= 11 is 0. The number of alkyl halides is 3. The highest BCUT2D eigenvalue weighted by Crippen LogP contribution is 2.34. The van der Waals surface area contributed by atoms with Crippen LogP contribution in [0.3, 0.4) is 0 Å². The first-order valence-corrected chi connectivity index (χ1v) is 6.53. The Morgan fingerprint density at radius 2 is 2.10 bits per heavy atom. The largest absolute Gasteiger partial charge is 0.451 e. The van der Waals surface area contributed by atoms with Crippen LogP contribution in [0.15, 0.2) is 6.07 Å². The lowest BCUT2D eigenvalue weighted by Gasteiger charge is -2.23. The SMILES string of the molecule is CCNc1cc(N(CCO)C2CC2)nc(C(F)(F)F)n1. The number of hydrogen-bond donors (Lipinski definition) is 2. The minimum atomic E-state index is -4.59. The summed E-state index contributed by atoms with van der Waals surface area (Å²) in [6.07, 6.45) is -2.78. The van der Waals surface area contributed by atoms with Crippen LogP contribution in [-0.2, 0) is 6.18 Å². The van der Waals surface area contributed by atoms with E-state index < -0.39 is 12.0 Å². The smallest absolute Gasteiger partial charge is 0.395 e. The van der Waals surface area contributed by atoms with Crippen molar-refractivity contribution in [1.82, 2.24) is 9.97 Å². The number of hydrogen-bond acceptors (Lipinski definition) is 5. The molecule has 2 rings (SSSR count). The predicted octanol–water partition coefficient (Wildman–Crippen LogP) is 1.89. The van der Waals surface area contributed by atoms with Gasteiger partial charge in [-0.3, -0.25) is 0 Å². The second kappa shape index (κ2) is 5.82. The van der Waals surface area contributed by atoms with Gasteiger partial charge in [0.1, 0.15) is 11.6 Å². The molecule has 8 heteroatoms. The molecule has 2 N–H and O–H groups in total. The van der Waals surface area contributed by atoms with E-state index in [0.29, 0.717) is 6.54 Å². The van der Waals surface area contributed by atoms with Crippen LogP contribution >= 0.6 is 0 Å². The van der Waals surface area contributed by atoms with Gasteiger partial charge in [0.15, 0.2) is 0 Å². The van der Waals surface area contributed by atoms with Crippen LogP contribution in [0, 0.1) is 0 Å². The Balaban J connectivity index is 2.36. The van der Waals surface area contributed by atoms with Gasteiger partial charge in [-0.05, 0) is 19.8 Å². The van der Waals surface area contributed by atoms with Crippen LogP contribution in [0.4, 0.5) is 24.8 Å². The fourth-order valence-electron chi connectivity index (χ4n) is 1.96. The minimum Gasteiger partial charge on any atom is -0.395 e. The van der Waals surface area contributed by atoms with Crippen LogP contribution in [0.25, 0.3) is 0 Å². The Bertz CT molecular complexity index is 463. The van der Waals surface area contributed by atoms with Gasteiger partial charge in [-0.25, -0.2) is 9.97 Å². The van der Waals surface area contributed by atoms with Gasteiger partial charge in [0, 0.05) is 25.2 Å². The average Bonchev–Trinajstić information content (AvgIpc) is 3.19. The first-order chi connectivity index (χ1) is 9.45. The van der Waals surface area contributed by atoms with Crippen molar-refractivity contribution in [3.8, 4) is 0 Å². The molecule has 20 heavy (non-hydrogen) atoms. The Morgan fingerprint density at radius 1 is 1.40 bits per heavy atom. The van der Waals surface area contributed by atoms with E-state index in [1.165, 1.54) is 6.07 Å². The molecule has 0 bridgehead atoms. The second-order valence-electron chi connectivity index (χ2n) is 4.61. The van der Waals surface area contributed by atoms with E-state index in [4.69, 9.17) is 5.11 Å². The highest BCUT2D eigenvalue weighted by molar-refractivity contribution is 5.51. The number of aliphatic hydroxyl groups is 1. The van der Waals surface area contributed by atoms with Gasteiger partial charge >= 0.3 is 6.18 Å². The molecule has 1 fully saturated rings. The van der Waals surface area contributed by atoms with E-state index in [1.807, 2.05) is 0 Å². The molecule has 112 valence electrons. The van der Waals surface area contributed by atoms with Gasteiger partial charge in [0.05, 0.1) is 6.61 Å². The molecule has 0 spiro atoms. The molecule has 1 aromatic heterocycles. The number of rotatable bonds is 6.